The first-order valence-corrected chi connectivity index (χ1v) is 10.5. The number of aromatic nitrogens is 1. The molecule has 28 heavy (non-hydrogen) atoms. The van der Waals surface area contributed by atoms with Crippen molar-refractivity contribution in [1.82, 2.24) is 14.6 Å². The van der Waals surface area contributed by atoms with Crippen LogP contribution in [0.2, 0.25) is 0 Å². The van der Waals surface area contributed by atoms with E-state index in [2.05, 4.69) is 14.6 Å². The average molecular weight is 407 g/mol. The van der Waals surface area contributed by atoms with Gasteiger partial charge in [-0.2, -0.15) is 0 Å². The van der Waals surface area contributed by atoms with Crippen molar-refractivity contribution in [3.63, 3.8) is 0 Å². The molecule has 1 atom stereocenters. The number of pyridine rings is 1. The average Bonchev–Trinajstić information content (AvgIpc) is 2.74. The maximum Gasteiger partial charge on any atom is 0.240 e. The van der Waals surface area contributed by atoms with Crippen LogP contribution in [0.1, 0.15) is 11.6 Å². The van der Waals surface area contributed by atoms with Crippen molar-refractivity contribution in [2.24, 2.45) is 0 Å². The molecule has 2 heterocycles. The zero-order chi connectivity index (χ0) is 20.0. The van der Waals surface area contributed by atoms with Gasteiger partial charge in [-0.05, 0) is 23.8 Å². The Morgan fingerprint density at radius 3 is 2.57 bits per heavy atom. The summed E-state index contributed by atoms with van der Waals surface area (Å²) in [5, 5.41) is 0. The van der Waals surface area contributed by atoms with Crippen molar-refractivity contribution in [2.75, 3.05) is 47.1 Å². The van der Waals surface area contributed by atoms with Gasteiger partial charge in [-0.15, -0.1) is 0 Å². The van der Waals surface area contributed by atoms with E-state index in [0.717, 1.165) is 18.7 Å². The van der Waals surface area contributed by atoms with Crippen molar-refractivity contribution in [1.29, 1.82) is 0 Å². The van der Waals surface area contributed by atoms with Crippen LogP contribution in [0.15, 0.2) is 47.6 Å². The Morgan fingerprint density at radius 2 is 1.93 bits per heavy atom. The van der Waals surface area contributed by atoms with E-state index in [0.29, 0.717) is 24.7 Å². The number of sulfonamides is 1. The van der Waals surface area contributed by atoms with E-state index in [9.17, 15) is 8.42 Å². The SMILES string of the molecule is COc1ccc(S(=O)(=O)NC[C@@H](c2cccnc2)N2CCOCC2)cc1OC. The Labute approximate surface area is 165 Å². The number of rotatable bonds is 8. The Hall–Kier alpha value is -2.20. The van der Waals surface area contributed by atoms with Crippen LogP contribution in [0.4, 0.5) is 0 Å². The fourth-order valence-corrected chi connectivity index (χ4v) is 4.23. The molecule has 1 N–H and O–H groups in total. The lowest BCUT2D eigenvalue weighted by Crippen LogP contribution is -2.43. The van der Waals surface area contributed by atoms with Gasteiger partial charge in [0.2, 0.25) is 10.0 Å². The molecule has 1 aromatic carbocycles. The molecule has 8 nitrogen and oxygen atoms in total. The largest absolute Gasteiger partial charge is 0.493 e. The van der Waals surface area contributed by atoms with Crippen LogP contribution in [0.25, 0.3) is 0 Å². The van der Waals surface area contributed by atoms with Gasteiger partial charge in [-0.25, -0.2) is 13.1 Å². The first-order chi connectivity index (χ1) is 13.5. The minimum Gasteiger partial charge on any atom is -0.493 e. The van der Waals surface area contributed by atoms with Gasteiger partial charge in [0.25, 0.3) is 0 Å². The summed E-state index contributed by atoms with van der Waals surface area (Å²) in [5.74, 6) is 0.838. The number of nitrogens with zero attached hydrogens (tertiary/aromatic N) is 2. The summed E-state index contributed by atoms with van der Waals surface area (Å²) in [6.07, 6.45) is 3.47. The summed E-state index contributed by atoms with van der Waals surface area (Å²) in [5.41, 5.74) is 0.958. The number of methoxy groups -OCH3 is 2. The Bertz CT molecular complexity index is 870. The van der Waals surface area contributed by atoms with E-state index in [1.807, 2.05) is 12.1 Å². The summed E-state index contributed by atoms with van der Waals surface area (Å²) >= 11 is 0. The smallest absolute Gasteiger partial charge is 0.240 e. The van der Waals surface area contributed by atoms with Crippen LogP contribution in [-0.4, -0.2) is 65.4 Å². The van der Waals surface area contributed by atoms with E-state index in [1.54, 1.807) is 18.5 Å². The molecule has 9 heteroatoms. The van der Waals surface area contributed by atoms with Crippen LogP contribution in [0.3, 0.4) is 0 Å². The zero-order valence-corrected chi connectivity index (χ0v) is 16.8. The highest BCUT2D eigenvalue weighted by Gasteiger charge is 2.25. The van der Waals surface area contributed by atoms with Crippen molar-refractivity contribution in [3.8, 4) is 11.5 Å². The maximum atomic E-state index is 12.9. The fraction of sp³-hybridized carbons (Fsp3) is 0.421. The molecule has 1 saturated heterocycles. The molecule has 2 aromatic rings. The van der Waals surface area contributed by atoms with Gasteiger partial charge in [0.05, 0.1) is 38.4 Å². The number of hydrogen-bond donors (Lipinski definition) is 1. The predicted octanol–water partition coefficient (Wildman–Crippen LogP) is 1.45. The molecule has 0 radical (unpaired) electrons. The van der Waals surface area contributed by atoms with Crippen molar-refractivity contribution in [3.05, 3.63) is 48.3 Å². The van der Waals surface area contributed by atoms with E-state index >= 15 is 0 Å². The summed E-state index contributed by atoms with van der Waals surface area (Å²) in [6, 6.07) is 8.21. The van der Waals surface area contributed by atoms with Crippen LogP contribution in [0.5, 0.6) is 11.5 Å². The number of morpholine rings is 1. The Balaban J connectivity index is 1.80. The second kappa shape index (κ2) is 9.33. The molecule has 0 saturated carbocycles. The Kier molecular flexibility index (Phi) is 6.84. The molecule has 0 aliphatic carbocycles. The highest BCUT2D eigenvalue weighted by Crippen LogP contribution is 2.29. The molecule has 0 unspecified atom stereocenters. The van der Waals surface area contributed by atoms with Gasteiger partial charge in [-0.3, -0.25) is 9.88 Å². The third kappa shape index (κ3) is 4.79. The predicted molar refractivity (Wildman–Crippen MR) is 104 cm³/mol. The van der Waals surface area contributed by atoms with E-state index in [4.69, 9.17) is 14.2 Å². The topological polar surface area (TPSA) is 90.0 Å². The third-order valence-electron chi connectivity index (χ3n) is 4.69. The minimum absolute atomic E-state index is 0.122. The molecule has 1 aliphatic rings. The highest BCUT2D eigenvalue weighted by molar-refractivity contribution is 7.89. The van der Waals surface area contributed by atoms with Gasteiger partial charge >= 0.3 is 0 Å². The van der Waals surface area contributed by atoms with Gasteiger partial charge in [-0.1, -0.05) is 6.07 Å². The molecular formula is C19H25N3O5S. The molecule has 3 rings (SSSR count). The second-order valence-corrected chi connectivity index (χ2v) is 8.09. The molecule has 0 spiro atoms. The van der Waals surface area contributed by atoms with Gasteiger partial charge in [0.1, 0.15) is 0 Å². The van der Waals surface area contributed by atoms with Crippen LogP contribution >= 0.6 is 0 Å². The number of benzene rings is 1. The standard InChI is InChI=1S/C19H25N3O5S/c1-25-18-6-5-16(12-19(18)26-2)28(23,24)21-14-17(15-4-3-7-20-13-15)22-8-10-27-11-9-22/h3-7,12-13,17,21H,8-11,14H2,1-2H3/t17-/m0/s1. The number of nitrogens with one attached hydrogen (secondary N) is 1. The van der Waals surface area contributed by atoms with E-state index < -0.39 is 10.0 Å². The molecule has 152 valence electrons. The quantitative estimate of drug-likeness (QED) is 0.708. The number of hydrogen-bond acceptors (Lipinski definition) is 7. The third-order valence-corrected chi connectivity index (χ3v) is 6.11. The van der Waals surface area contributed by atoms with Gasteiger partial charge in [0, 0.05) is 38.1 Å². The lowest BCUT2D eigenvalue weighted by atomic mass is 10.1. The molecule has 1 aromatic heterocycles. The van der Waals surface area contributed by atoms with E-state index in [-0.39, 0.29) is 17.5 Å². The maximum absolute atomic E-state index is 12.9. The number of ether oxygens (including phenoxy) is 3. The van der Waals surface area contributed by atoms with Crippen molar-refractivity contribution >= 4 is 10.0 Å². The molecular weight excluding hydrogens is 382 g/mol. The second-order valence-electron chi connectivity index (χ2n) is 6.32. The lowest BCUT2D eigenvalue weighted by Gasteiger charge is -2.34. The zero-order valence-electron chi connectivity index (χ0n) is 16.0. The van der Waals surface area contributed by atoms with E-state index in [1.165, 1.54) is 26.4 Å². The van der Waals surface area contributed by atoms with Crippen molar-refractivity contribution in [2.45, 2.75) is 10.9 Å². The summed E-state index contributed by atoms with van der Waals surface area (Å²) in [6.45, 7) is 2.94. The summed E-state index contributed by atoms with van der Waals surface area (Å²) in [7, 11) is -0.748. The first-order valence-electron chi connectivity index (χ1n) is 8.98. The monoisotopic (exact) mass is 407 g/mol. The van der Waals surface area contributed by atoms with Gasteiger partial charge < -0.3 is 14.2 Å². The normalized spacial score (nSPS) is 16.5. The van der Waals surface area contributed by atoms with Crippen LogP contribution < -0.4 is 14.2 Å². The summed E-state index contributed by atoms with van der Waals surface area (Å²) < 4.78 is 44.2. The molecule has 0 bridgehead atoms. The van der Waals surface area contributed by atoms with Crippen LogP contribution in [0, 0.1) is 0 Å². The summed E-state index contributed by atoms with van der Waals surface area (Å²) in [4.78, 5) is 6.51. The molecule has 1 fully saturated rings. The Morgan fingerprint density at radius 1 is 1.18 bits per heavy atom. The van der Waals surface area contributed by atoms with Crippen molar-refractivity contribution < 1.29 is 22.6 Å². The van der Waals surface area contributed by atoms with Gasteiger partial charge in [0.15, 0.2) is 11.5 Å². The minimum atomic E-state index is -3.72. The first kappa shape index (κ1) is 20.5. The molecule has 1 aliphatic heterocycles. The molecule has 0 amide bonds. The highest BCUT2D eigenvalue weighted by atomic mass is 32.2. The lowest BCUT2D eigenvalue weighted by molar-refractivity contribution is 0.0171. The fourth-order valence-electron chi connectivity index (χ4n) is 3.18. The van der Waals surface area contributed by atoms with Crippen LogP contribution in [-0.2, 0) is 14.8 Å².